The average Bonchev–Trinajstić information content (AvgIpc) is 3.66. The van der Waals surface area contributed by atoms with Gasteiger partial charge in [0.2, 0.25) is 5.91 Å². The van der Waals surface area contributed by atoms with E-state index in [0.717, 1.165) is 68.6 Å². The van der Waals surface area contributed by atoms with Crippen molar-refractivity contribution in [1.82, 2.24) is 10.3 Å². The predicted molar refractivity (Wildman–Crippen MR) is 133 cm³/mol. The lowest BCUT2D eigenvalue weighted by Gasteiger charge is -2.35. The van der Waals surface area contributed by atoms with Gasteiger partial charge in [0, 0.05) is 25.3 Å². The van der Waals surface area contributed by atoms with Crippen molar-refractivity contribution in [2.45, 2.75) is 75.3 Å². The second-order valence-electron chi connectivity index (χ2n) is 10.3. The highest BCUT2D eigenvalue weighted by Crippen LogP contribution is 2.48. The summed E-state index contributed by atoms with van der Waals surface area (Å²) in [5.41, 5.74) is 2.85. The molecule has 2 aromatic rings. The molecule has 0 bridgehead atoms. The summed E-state index contributed by atoms with van der Waals surface area (Å²) in [7, 11) is 0. The van der Waals surface area contributed by atoms with Crippen LogP contribution in [0, 0.1) is 5.92 Å². The Hall–Kier alpha value is -2.93. The van der Waals surface area contributed by atoms with Gasteiger partial charge in [0.25, 0.3) is 0 Å². The number of fused-ring (bicyclic) bond motifs is 1. The number of aliphatic carboxylic acids is 1. The number of carboxylic acids is 1. The second-order valence-corrected chi connectivity index (χ2v) is 10.3. The predicted octanol–water partition coefficient (Wildman–Crippen LogP) is 3.86. The summed E-state index contributed by atoms with van der Waals surface area (Å²) in [5, 5.41) is 15.8. The van der Waals surface area contributed by atoms with Crippen LogP contribution >= 0.6 is 0 Å². The first-order chi connectivity index (χ1) is 17.0. The number of ether oxygens (including phenoxy) is 1. The number of carboxylic acid groups (broad SMARTS) is 1. The van der Waals surface area contributed by atoms with Crippen LogP contribution in [-0.4, -0.2) is 47.3 Å². The molecule has 2 saturated carbocycles. The van der Waals surface area contributed by atoms with Gasteiger partial charge in [-0.15, -0.1) is 0 Å². The zero-order valence-electron chi connectivity index (χ0n) is 20.2. The minimum Gasteiger partial charge on any atom is -0.480 e. The lowest BCUT2D eigenvalue weighted by molar-refractivity contribution is -0.143. The van der Waals surface area contributed by atoms with Crippen molar-refractivity contribution in [2.75, 3.05) is 18.5 Å². The van der Waals surface area contributed by atoms with Crippen molar-refractivity contribution in [2.24, 2.45) is 5.92 Å². The molecule has 2 heterocycles. The van der Waals surface area contributed by atoms with E-state index in [1.807, 2.05) is 30.3 Å². The fraction of sp³-hybridized carbons (Fsp3) is 0.536. The number of nitrogens with one attached hydrogen (secondary N) is 2. The number of rotatable bonds is 11. The number of carbonyl (C=O) groups excluding carboxylic acids is 1. The highest BCUT2D eigenvalue weighted by molar-refractivity contribution is 5.94. The van der Waals surface area contributed by atoms with Gasteiger partial charge in [0.15, 0.2) is 0 Å². The molecule has 1 aromatic carbocycles. The first-order valence-electron chi connectivity index (χ1n) is 13.0. The maximum Gasteiger partial charge on any atom is 0.326 e. The van der Waals surface area contributed by atoms with Gasteiger partial charge in [-0.05, 0) is 74.5 Å². The van der Waals surface area contributed by atoms with Crippen molar-refractivity contribution < 1.29 is 19.4 Å². The van der Waals surface area contributed by atoms with Crippen molar-refractivity contribution in [3.05, 3.63) is 59.3 Å². The molecule has 1 amide bonds. The van der Waals surface area contributed by atoms with Gasteiger partial charge in [-0.3, -0.25) is 4.79 Å². The largest absolute Gasteiger partial charge is 0.480 e. The molecule has 1 aliphatic heterocycles. The summed E-state index contributed by atoms with van der Waals surface area (Å²) in [5.74, 6) is 0.483. The summed E-state index contributed by atoms with van der Waals surface area (Å²) >= 11 is 0. The average molecular weight is 478 g/mol. The molecular weight excluding hydrogens is 442 g/mol. The number of nitrogens with zero attached hydrogens (tertiary/aromatic N) is 1. The number of aryl methyl sites for hydroxylation is 2. The number of carbonyl (C=O) groups is 2. The molecule has 3 N–H and O–H groups in total. The molecule has 2 fully saturated rings. The highest BCUT2D eigenvalue weighted by atomic mass is 16.5. The fourth-order valence-electron chi connectivity index (χ4n) is 5.34. The molecule has 7 heteroatoms. The van der Waals surface area contributed by atoms with Crippen LogP contribution in [0.3, 0.4) is 0 Å². The number of anilines is 1. The molecule has 1 aromatic heterocycles. The van der Waals surface area contributed by atoms with Gasteiger partial charge in [-0.2, -0.15) is 0 Å². The van der Waals surface area contributed by atoms with E-state index in [9.17, 15) is 14.7 Å². The third-order valence-electron chi connectivity index (χ3n) is 7.83. The fourth-order valence-corrected chi connectivity index (χ4v) is 5.34. The van der Waals surface area contributed by atoms with Gasteiger partial charge < -0.3 is 20.5 Å². The van der Waals surface area contributed by atoms with Crippen LogP contribution in [0.5, 0.6) is 0 Å². The lowest BCUT2D eigenvalue weighted by atomic mass is 9.79. The number of hydrogen-bond acceptors (Lipinski definition) is 5. The molecule has 0 saturated heterocycles. The van der Waals surface area contributed by atoms with Crippen molar-refractivity contribution >= 4 is 17.7 Å². The van der Waals surface area contributed by atoms with Crippen molar-refractivity contribution in [3.63, 3.8) is 0 Å². The van der Waals surface area contributed by atoms with E-state index in [0.29, 0.717) is 12.5 Å². The van der Waals surface area contributed by atoms with Crippen LogP contribution in [0.25, 0.3) is 0 Å². The zero-order chi connectivity index (χ0) is 24.3. The Bertz CT molecular complexity index is 1050. The minimum absolute atomic E-state index is 0.183. The third kappa shape index (κ3) is 5.50. The summed E-state index contributed by atoms with van der Waals surface area (Å²) in [6.45, 7) is 1.34. The Kier molecular flexibility index (Phi) is 7.04. The van der Waals surface area contributed by atoms with Crippen LogP contribution < -0.4 is 10.6 Å². The molecule has 35 heavy (non-hydrogen) atoms. The third-order valence-corrected chi connectivity index (χ3v) is 7.83. The van der Waals surface area contributed by atoms with Crippen LogP contribution in [0.2, 0.25) is 0 Å². The molecule has 5 rings (SSSR count). The first kappa shape index (κ1) is 23.8. The van der Waals surface area contributed by atoms with Gasteiger partial charge in [0.1, 0.15) is 11.9 Å². The molecule has 3 aliphatic rings. The molecular formula is C28H35N3O4. The molecule has 0 radical (unpaired) electrons. The summed E-state index contributed by atoms with van der Waals surface area (Å²) in [6, 6.07) is 13.1. The van der Waals surface area contributed by atoms with E-state index in [2.05, 4.69) is 22.8 Å². The molecule has 2 aliphatic carbocycles. The normalized spacial score (nSPS) is 22.7. The van der Waals surface area contributed by atoms with Gasteiger partial charge in [-0.25, -0.2) is 9.78 Å². The van der Waals surface area contributed by atoms with Crippen LogP contribution in [0.4, 0.5) is 5.82 Å². The van der Waals surface area contributed by atoms with E-state index < -0.39 is 17.4 Å². The zero-order valence-corrected chi connectivity index (χ0v) is 20.2. The van der Waals surface area contributed by atoms with E-state index in [-0.39, 0.29) is 18.4 Å². The molecule has 1 atom stereocenters. The molecule has 0 spiro atoms. The van der Waals surface area contributed by atoms with E-state index in [1.165, 1.54) is 12.0 Å². The molecule has 186 valence electrons. The Balaban J connectivity index is 1.02. The van der Waals surface area contributed by atoms with E-state index in [4.69, 9.17) is 9.72 Å². The minimum atomic E-state index is -1.01. The van der Waals surface area contributed by atoms with E-state index >= 15 is 0 Å². The standard InChI is InChI=1S/C28H35N3O4/c32-26(33)24(31-27(34)28(13-14-28)21-6-2-1-3-7-21)12-16-35-23-17-19(18-23)8-10-22-11-9-20-5-4-15-29-25(20)30-22/h1-3,6-7,9,11,19,23-24H,4-5,8,10,12-18H2,(H,29,30)(H,31,34)(H,32,33). The van der Waals surface area contributed by atoms with Gasteiger partial charge in [-0.1, -0.05) is 36.4 Å². The van der Waals surface area contributed by atoms with Crippen LogP contribution in [-0.2, 0) is 32.6 Å². The van der Waals surface area contributed by atoms with E-state index in [1.54, 1.807) is 0 Å². The Labute approximate surface area is 206 Å². The Morgan fingerprint density at radius 3 is 2.71 bits per heavy atom. The number of hydrogen-bond donors (Lipinski definition) is 3. The Morgan fingerprint density at radius 2 is 1.97 bits per heavy atom. The topological polar surface area (TPSA) is 101 Å². The number of benzene rings is 1. The summed E-state index contributed by atoms with van der Waals surface area (Å²) in [6.07, 6.45) is 8.34. The van der Waals surface area contributed by atoms with Gasteiger partial charge >= 0.3 is 5.97 Å². The van der Waals surface area contributed by atoms with Gasteiger partial charge in [0.05, 0.1) is 11.5 Å². The lowest BCUT2D eigenvalue weighted by Crippen LogP contribution is -2.46. The maximum atomic E-state index is 12.9. The summed E-state index contributed by atoms with van der Waals surface area (Å²) in [4.78, 5) is 29.4. The quantitative estimate of drug-likeness (QED) is 0.454. The van der Waals surface area contributed by atoms with Crippen molar-refractivity contribution in [3.8, 4) is 0 Å². The first-order valence-corrected chi connectivity index (χ1v) is 13.0. The number of aromatic nitrogens is 1. The SMILES string of the molecule is O=C(O)C(CCOC1CC(CCc2ccc3c(n2)NCCC3)C1)NC(=O)C1(c2ccccc2)CC1. The van der Waals surface area contributed by atoms with Crippen LogP contribution in [0.15, 0.2) is 42.5 Å². The smallest absolute Gasteiger partial charge is 0.326 e. The molecule has 1 unspecified atom stereocenters. The Morgan fingerprint density at radius 1 is 1.17 bits per heavy atom. The number of amides is 1. The highest BCUT2D eigenvalue weighted by Gasteiger charge is 2.51. The van der Waals surface area contributed by atoms with Crippen molar-refractivity contribution in [1.29, 1.82) is 0 Å². The monoisotopic (exact) mass is 477 g/mol. The molecule has 7 nitrogen and oxygen atoms in total. The van der Waals surface area contributed by atoms with Crippen LogP contribution in [0.1, 0.15) is 61.8 Å². The number of pyridine rings is 1. The summed E-state index contributed by atoms with van der Waals surface area (Å²) < 4.78 is 5.94. The maximum absolute atomic E-state index is 12.9. The second kappa shape index (κ2) is 10.4.